The van der Waals surface area contributed by atoms with Gasteiger partial charge in [0.2, 0.25) is 0 Å². The van der Waals surface area contributed by atoms with Gasteiger partial charge in [-0.1, -0.05) is 0 Å². The third kappa shape index (κ3) is 4.75. The Bertz CT molecular complexity index is 435. The SMILES string of the molecule is CC(C)N(C)CCCNc1ccc([N+](=O)[O-])cc1N. The van der Waals surface area contributed by atoms with Crippen LogP contribution >= 0.6 is 0 Å². The van der Waals surface area contributed by atoms with Gasteiger partial charge >= 0.3 is 0 Å². The second-order valence-corrected chi connectivity index (χ2v) is 4.88. The topological polar surface area (TPSA) is 84.4 Å². The smallest absolute Gasteiger partial charge is 0.271 e. The quantitative estimate of drug-likeness (QED) is 0.342. The van der Waals surface area contributed by atoms with Crippen molar-refractivity contribution in [3.05, 3.63) is 28.3 Å². The summed E-state index contributed by atoms with van der Waals surface area (Å²) >= 11 is 0. The molecule has 0 atom stereocenters. The summed E-state index contributed by atoms with van der Waals surface area (Å²) in [7, 11) is 2.09. The number of nitrogen functional groups attached to an aromatic ring is 1. The summed E-state index contributed by atoms with van der Waals surface area (Å²) in [6.07, 6.45) is 0.991. The number of non-ortho nitro benzene ring substituents is 1. The molecular weight excluding hydrogens is 244 g/mol. The molecule has 0 radical (unpaired) electrons. The lowest BCUT2D eigenvalue weighted by Crippen LogP contribution is -2.28. The molecule has 1 rings (SSSR count). The van der Waals surface area contributed by atoms with E-state index in [9.17, 15) is 10.1 Å². The molecule has 0 unspecified atom stereocenters. The Morgan fingerprint density at radius 3 is 2.68 bits per heavy atom. The van der Waals surface area contributed by atoms with Crippen LogP contribution in [0.5, 0.6) is 0 Å². The molecule has 0 fully saturated rings. The van der Waals surface area contributed by atoms with Gasteiger partial charge in [-0.2, -0.15) is 0 Å². The van der Waals surface area contributed by atoms with Crippen LogP contribution in [0.4, 0.5) is 17.1 Å². The first-order chi connectivity index (χ1) is 8.91. The normalized spacial score (nSPS) is 11.0. The van der Waals surface area contributed by atoms with Crippen molar-refractivity contribution in [3.8, 4) is 0 Å². The summed E-state index contributed by atoms with van der Waals surface area (Å²) in [5.41, 5.74) is 6.95. The van der Waals surface area contributed by atoms with Gasteiger partial charge in [0.15, 0.2) is 0 Å². The molecule has 0 spiro atoms. The molecule has 19 heavy (non-hydrogen) atoms. The molecule has 0 heterocycles. The second kappa shape index (κ2) is 6.94. The molecule has 0 amide bonds. The van der Waals surface area contributed by atoms with Gasteiger partial charge in [-0.05, 0) is 39.9 Å². The van der Waals surface area contributed by atoms with Gasteiger partial charge in [0, 0.05) is 24.7 Å². The van der Waals surface area contributed by atoms with Crippen LogP contribution in [-0.2, 0) is 0 Å². The van der Waals surface area contributed by atoms with Gasteiger partial charge in [-0.25, -0.2) is 0 Å². The number of hydrogen-bond donors (Lipinski definition) is 2. The lowest BCUT2D eigenvalue weighted by atomic mass is 10.2. The lowest BCUT2D eigenvalue weighted by molar-refractivity contribution is -0.384. The van der Waals surface area contributed by atoms with Crippen molar-refractivity contribution in [2.45, 2.75) is 26.3 Å². The zero-order chi connectivity index (χ0) is 14.4. The zero-order valence-electron chi connectivity index (χ0n) is 11.7. The third-order valence-corrected chi connectivity index (χ3v) is 3.13. The molecule has 1 aromatic rings. The largest absolute Gasteiger partial charge is 0.397 e. The summed E-state index contributed by atoms with van der Waals surface area (Å²) in [5, 5.41) is 13.8. The van der Waals surface area contributed by atoms with Crippen LogP contribution in [0, 0.1) is 10.1 Å². The Kier molecular flexibility index (Phi) is 5.57. The van der Waals surface area contributed by atoms with Gasteiger partial charge in [0.05, 0.1) is 16.3 Å². The maximum Gasteiger partial charge on any atom is 0.271 e. The Balaban J connectivity index is 2.44. The van der Waals surface area contributed by atoms with E-state index in [1.54, 1.807) is 6.07 Å². The molecule has 0 aromatic heterocycles. The monoisotopic (exact) mass is 266 g/mol. The molecule has 0 aliphatic carbocycles. The van der Waals surface area contributed by atoms with Gasteiger partial charge in [0.1, 0.15) is 0 Å². The van der Waals surface area contributed by atoms with E-state index in [0.29, 0.717) is 11.7 Å². The Hall–Kier alpha value is -1.82. The highest BCUT2D eigenvalue weighted by Crippen LogP contribution is 2.23. The van der Waals surface area contributed by atoms with Gasteiger partial charge in [-0.3, -0.25) is 10.1 Å². The summed E-state index contributed by atoms with van der Waals surface area (Å²) < 4.78 is 0. The highest BCUT2D eigenvalue weighted by molar-refractivity contribution is 5.69. The highest BCUT2D eigenvalue weighted by Gasteiger charge is 2.08. The first-order valence-corrected chi connectivity index (χ1v) is 6.40. The van der Waals surface area contributed by atoms with Crippen molar-refractivity contribution in [1.82, 2.24) is 4.90 Å². The van der Waals surface area contributed by atoms with Gasteiger partial charge < -0.3 is 16.0 Å². The molecule has 0 saturated heterocycles. The first kappa shape index (κ1) is 15.2. The Labute approximate surface area is 113 Å². The third-order valence-electron chi connectivity index (χ3n) is 3.13. The van der Waals surface area contributed by atoms with E-state index in [0.717, 1.165) is 25.2 Å². The Morgan fingerprint density at radius 2 is 2.16 bits per heavy atom. The molecule has 0 aliphatic rings. The predicted molar refractivity (Wildman–Crippen MR) is 78.4 cm³/mol. The molecule has 3 N–H and O–H groups in total. The van der Waals surface area contributed by atoms with Crippen molar-refractivity contribution < 1.29 is 4.92 Å². The fraction of sp³-hybridized carbons (Fsp3) is 0.538. The van der Waals surface area contributed by atoms with Crippen LogP contribution in [0.3, 0.4) is 0 Å². The van der Waals surface area contributed by atoms with E-state index in [1.165, 1.54) is 12.1 Å². The summed E-state index contributed by atoms with van der Waals surface area (Å²) in [4.78, 5) is 12.4. The average Bonchev–Trinajstić information content (AvgIpc) is 2.35. The maximum atomic E-state index is 10.6. The number of hydrogen-bond acceptors (Lipinski definition) is 5. The molecular formula is C13H22N4O2. The van der Waals surface area contributed by atoms with E-state index >= 15 is 0 Å². The zero-order valence-corrected chi connectivity index (χ0v) is 11.7. The number of anilines is 2. The molecule has 106 valence electrons. The van der Waals surface area contributed by atoms with Crippen molar-refractivity contribution >= 4 is 17.1 Å². The van der Waals surface area contributed by atoms with E-state index in [-0.39, 0.29) is 5.69 Å². The summed E-state index contributed by atoms with van der Waals surface area (Å²) in [6.45, 7) is 6.10. The van der Waals surface area contributed by atoms with Crippen molar-refractivity contribution in [2.24, 2.45) is 0 Å². The number of nitrogens with two attached hydrogens (primary N) is 1. The molecule has 0 saturated carbocycles. The number of nitro benzene ring substituents is 1. The fourth-order valence-corrected chi connectivity index (χ4v) is 1.63. The molecule has 0 aliphatic heterocycles. The predicted octanol–water partition coefficient (Wildman–Crippen LogP) is 2.32. The van der Waals surface area contributed by atoms with Crippen LogP contribution in [0.2, 0.25) is 0 Å². The van der Waals surface area contributed by atoms with Crippen LogP contribution < -0.4 is 11.1 Å². The van der Waals surface area contributed by atoms with Crippen LogP contribution in [0.1, 0.15) is 20.3 Å². The lowest BCUT2D eigenvalue weighted by Gasteiger charge is -2.21. The van der Waals surface area contributed by atoms with Crippen LogP contribution in [0.25, 0.3) is 0 Å². The molecule has 0 bridgehead atoms. The fourth-order valence-electron chi connectivity index (χ4n) is 1.63. The minimum atomic E-state index is -0.447. The minimum Gasteiger partial charge on any atom is -0.397 e. The number of nitrogens with one attached hydrogen (secondary N) is 1. The first-order valence-electron chi connectivity index (χ1n) is 6.40. The number of nitro groups is 1. The standard InChI is InChI=1S/C13H22N4O2/c1-10(2)16(3)8-4-7-15-13-6-5-11(17(18)19)9-12(13)14/h5-6,9-10,15H,4,7-8,14H2,1-3H3. The van der Waals surface area contributed by atoms with E-state index in [2.05, 4.69) is 31.1 Å². The van der Waals surface area contributed by atoms with Gasteiger partial charge in [0.25, 0.3) is 5.69 Å². The van der Waals surface area contributed by atoms with E-state index in [1.807, 2.05) is 0 Å². The van der Waals surface area contributed by atoms with Crippen LogP contribution in [-0.4, -0.2) is 36.0 Å². The maximum absolute atomic E-state index is 10.6. The number of benzene rings is 1. The molecule has 6 nitrogen and oxygen atoms in total. The Morgan fingerprint density at radius 1 is 1.47 bits per heavy atom. The van der Waals surface area contributed by atoms with Crippen molar-refractivity contribution in [2.75, 3.05) is 31.2 Å². The van der Waals surface area contributed by atoms with Crippen molar-refractivity contribution in [1.29, 1.82) is 0 Å². The second-order valence-electron chi connectivity index (χ2n) is 4.88. The molecule has 6 heteroatoms. The van der Waals surface area contributed by atoms with Crippen LogP contribution in [0.15, 0.2) is 18.2 Å². The van der Waals surface area contributed by atoms with Crippen molar-refractivity contribution in [3.63, 3.8) is 0 Å². The van der Waals surface area contributed by atoms with Gasteiger partial charge in [-0.15, -0.1) is 0 Å². The van der Waals surface area contributed by atoms with E-state index in [4.69, 9.17) is 5.73 Å². The summed E-state index contributed by atoms with van der Waals surface area (Å²) in [5.74, 6) is 0. The van der Waals surface area contributed by atoms with E-state index < -0.39 is 4.92 Å². The summed E-state index contributed by atoms with van der Waals surface area (Å²) in [6, 6.07) is 5.02. The number of nitrogens with zero attached hydrogens (tertiary/aromatic N) is 2. The average molecular weight is 266 g/mol. The number of rotatable bonds is 7. The highest BCUT2D eigenvalue weighted by atomic mass is 16.6. The molecule has 1 aromatic carbocycles. The minimum absolute atomic E-state index is 0.0163.